The molecular formula is C16H14BrN5O3. The topological polar surface area (TPSA) is 102 Å². The monoisotopic (exact) mass is 403 g/mol. The summed E-state index contributed by atoms with van der Waals surface area (Å²) < 4.78 is 11.5. The van der Waals surface area contributed by atoms with Crippen LogP contribution < -0.4 is 15.6 Å². The summed E-state index contributed by atoms with van der Waals surface area (Å²) in [5, 5.41) is 3.82. The molecule has 0 aliphatic rings. The second-order valence-corrected chi connectivity index (χ2v) is 5.90. The molecule has 3 aromatic rings. The Balaban J connectivity index is 1.53. The normalized spacial score (nSPS) is 11.6. The van der Waals surface area contributed by atoms with Gasteiger partial charge in [-0.25, -0.2) is 5.43 Å². The number of aromatic nitrogens is 3. The molecule has 1 amide bonds. The van der Waals surface area contributed by atoms with Crippen molar-refractivity contribution < 1.29 is 14.1 Å². The van der Waals surface area contributed by atoms with Crippen molar-refractivity contribution in [3.63, 3.8) is 0 Å². The van der Waals surface area contributed by atoms with Crippen molar-refractivity contribution in [3.05, 3.63) is 53.3 Å². The number of nitrogens with zero attached hydrogens (tertiary/aromatic N) is 3. The smallest absolute Gasteiger partial charge is 0.340 e. The van der Waals surface area contributed by atoms with Crippen LogP contribution in [0.15, 0.2) is 57.8 Å². The molecule has 0 radical (unpaired) electrons. The molecule has 9 heteroatoms. The van der Waals surface area contributed by atoms with Gasteiger partial charge in [0.05, 0.1) is 0 Å². The number of anilines is 1. The van der Waals surface area contributed by atoms with Gasteiger partial charge in [-0.1, -0.05) is 21.1 Å². The molecule has 1 unspecified atom stereocenters. The molecule has 8 nitrogen and oxygen atoms in total. The Morgan fingerprint density at radius 2 is 1.92 bits per heavy atom. The van der Waals surface area contributed by atoms with E-state index in [1.807, 2.05) is 12.1 Å². The van der Waals surface area contributed by atoms with Gasteiger partial charge < -0.3 is 9.26 Å². The molecule has 0 spiro atoms. The number of ether oxygens (including phenoxy) is 1. The summed E-state index contributed by atoms with van der Waals surface area (Å²) >= 11 is 3.34. The summed E-state index contributed by atoms with van der Waals surface area (Å²) in [5.41, 5.74) is 5.79. The van der Waals surface area contributed by atoms with E-state index in [4.69, 9.17) is 9.26 Å². The molecule has 2 N–H and O–H groups in total. The quantitative estimate of drug-likeness (QED) is 0.609. The predicted molar refractivity (Wildman–Crippen MR) is 93.5 cm³/mol. The minimum atomic E-state index is -0.712. The molecule has 3 rings (SSSR count). The van der Waals surface area contributed by atoms with Gasteiger partial charge in [-0.2, -0.15) is 4.98 Å². The van der Waals surface area contributed by atoms with Crippen LogP contribution in [0.4, 0.5) is 6.01 Å². The molecule has 0 aliphatic carbocycles. The molecule has 0 saturated carbocycles. The van der Waals surface area contributed by atoms with Crippen molar-refractivity contribution in [3.8, 4) is 17.1 Å². The first kappa shape index (κ1) is 16.9. The van der Waals surface area contributed by atoms with E-state index in [0.29, 0.717) is 11.6 Å². The largest absolute Gasteiger partial charge is 0.481 e. The number of pyridine rings is 1. The highest BCUT2D eigenvalue weighted by atomic mass is 79.9. The number of hydrogen-bond acceptors (Lipinski definition) is 7. The average Bonchev–Trinajstić information content (AvgIpc) is 3.11. The predicted octanol–water partition coefficient (Wildman–Crippen LogP) is 2.80. The van der Waals surface area contributed by atoms with Crippen molar-refractivity contribution >= 4 is 27.9 Å². The average molecular weight is 404 g/mol. The lowest BCUT2D eigenvalue weighted by molar-refractivity contribution is -0.126. The maximum Gasteiger partial charge on any atom is 0.340 e. The summed E-state index contributed by atoms with van der Waals surface area (Å²) in [6.45, 7) is 1.63. The number of hydrazine groups is 1. The molecule has 2 heterocycles. The number of hydrogen-bond donors (Lipinski definition) is 2. The van der Waals surface area contributed by atoms with E-state index in [1.165, 1.54) is 0 Å². The molecule has 128 valence electrons. The Morgan fingerprint density at radius 1 is 1.20 bits per heavy atom. The molecule has 0 saturated heterocycles. The van der Waals surface area contributed by atoms with E-state index >= 15 is 0 Å². The molecule has 25 heavy (non-hydrogen) atoms. The fourth-order valence-corrected chi connectivity index (χ4v) is 2.14. The summed E-state index contributed by atoms with van der Waals surface area (Å²) in [7, 11) is 0. The summed E-state index contributed by atoms with van der Waals surface area (Å²) in [6, 6.07) is 10.8. The zero-order valence-corrected chi connectivity index (χ0v) is 14.7. The van der Waals surface area contributed by atoms with Gasteiger partial charge in [-0.15, -0.1) is 0 Å². The zero-order chi connectivity index (χ0) is 17.6. The highest BCUT2D eigenvalue weighted by Crippen LogP contribution is 2.18. The van der Waals surface area contributed by atoms with E-state index < -0.39 is 6.10 Å². The zero-order valence-electron chi connectivity index (χ0n) is 13.1. The first-order valence-electron chi connectivity index (χ1n) is 7.34. The Hall–Kier alpha value is -2.94. The van der Waals surface area contributed by atoms with Crippen molar-refractivity contribution in [2.24, 2.45) is 0 Å². The second-order valence-electron chi connectivity index (χ2n) is 4.99. The molecule has 0 fully saturated rings. The van der Waals surface area contributed by atoms with Crippen LogP contribution in [-0.4, -0.2) is 27.1 Å². The second kappa shape index (κ2) is 7.75. The van der Waals surface area contributed by atoms with Crippen LogP contribution in [0.3, 0.4) is 0 Å². The Bertz CT molecular complexity index is 838. The van der Waals surface area contributed by atoms with Gasteiger partial charge >= 0.3 is 6.01 Å². The Kier molecular flexibility index (Phi) is 5.24. The Labute approximate surface area is 151 Å². The number of benzene rings is 1. The molecule has 1 aromatic carbocycles. The van der Waals surface area contributed by atoms with Gasteiger partial charge in [0.25, 0.3) is 5.91 Å². The molecule has 0 bridgehead atoms. The van der Waals surface area contributed by atoms with Crippen molar-refractivity contribution in [1.29, 1.82) is 0 Å². The summed E-state index contributed by atoms with van der Waals surface area (Å²) in [5.74, 6) is 0.591. The third kappa shape index (κ3) is 4.54. The van der Waals surface area contributed by atoms with Gasteiger partial charge in [-0.3, -0.25) is 15.2 Å². The van der Waals surface area contributed by atoms with Gasteiger partial charge in [0, 0.05) is 22.4 Å². The summed E-state index contributed by atoms with van der Waals surface area (Å²) in [6.07, 6.45) is 2.54. The molecule has 1 atom stereocenters. The van der Waals surface area contributed by atoms with Gasteiger partial charge in [-0.05, 0) is 43.3 Å². The maximum atomic E-state index is 12.1. The highest BCUT2D eigenvalue weighted by molar-refractivity contribution is 9.10. The van der Waals surface area contributed by atoms with Crippen LogP contribution in [0.25, 0.3) is 11.4 Å². The highest BCUT2D eigenvalue weighted by Gasteiger charge is 2.16. The van der Waals surface area contributed by atoms with E-state index in [-0.39, 0.29) is 11.9 Å². The lowest BCUT2D eigenvalue weighted by atomic mass is 10.3. The number of carbonyl (C=O) groups is 1. The fourth-order valence-electron chi connectivity index (χ4n) is 1.88. The minimum absolute atomic E-state index is 0.0657. The molecule has 0 aliphatic heterocycles. The van der Waals surface area contributed by atoms with Crippen LogP contribution in [0.2, 0.25) is 0 Å². The SMILES string of the molecule is CC(Oc1ccc(Br)cc1)C(=O)NNc1nc(-c2ccncc2)no1. The van der Waals surface area contributed by atoms with Crippen molar-refractivity contribution in [2.45, 2.75) is 13.0 Å². The van der Waals surface area contributed by atoms with Gasteiger partial charge in [0.1, 0.15) is 5.75 Å². The number of rotatable bonds is 6. The summed E-state index contributed by atoms with van der Waals surface area (Å²) in [4.78, 5) is 20.1. The Morgan fingerprint density at radius 3 is 2.64 bits per heavy atom. The van der Waals surface area contributed by atoms with Crippen molar-refractivity contribution in [1.82, 2.24) is 20.6 Å². The minimum Gasteiger partial charge on any atom is -0.481 e. The van der Waals surface area contributed by atoms with Gasteiger partial charge in [0.2, 0.25) is 5.82 Å². The molecule has 2 aromatic heterocycles. The number of amides is 1. The number of nitrogens with one attached hydrogen (secondary N) is 2. The van der Waals surface area contributed by atoms with Crippen LogP contribution in [-0.2, 0) is 4.79 Å². The van der Waals surface area contributed by atoms with Crippen LogP contribution >= 0.6 is 15.9 Å². The molecular weight excluding hydrogens is 390 g/mol. The van der Waals surface area contributed by atoms with E-state index in [1.54, 1.807) is 43.6 Å². The van der Waals surface area contributed by atoms with Crippen molar-refractivity contribution in [2.75, 3.05) is 5.43 Å². The van der Waals surface area contributed by atoms with Crippen LogP contribution in [0, 0.1) is 0 Å². The first-order valence-corrected chi connectivity index (χ1v) is 8.13. The fraction of sp³-hybridized carbons (Fsp3) is 0.125. The van der Waals surface area contributed by atoms with Crippen LogP contribution in [0.5, 0.6) is 5.75 Å². The van der Waals surface area contributed by atoms with Gasteiger partial charge in [0.15, 0.2) is 6.10 Å². The lowest BCUT2D eigenvalue weighted by Gasteiger charge is -2.14. The van der Waals surface area contributed by atoms with E-state index in [2.05, 4.69) is 41.9 Å². The van der Waals surface area contributed by atoms with E-state index in [9.17, 15) is 4.79 Å². The first-order chi connectivity index (χ1) is 12.1. The third-order valence-electron chi connectivity index (χ3n) is 3.15. The standard InChI is InChI=1S/C16H14BrN5O3/c1-10(24-13-4-2-12(17)3-5-13)15(23)20-21-16-19-14(22-25-16)11-6-8-18-9-7-11/h2-10H,1H3,(H,20,23)(H,19,21,22). The third-order valence-corrected chi connectivity index (χ3v) is 3.68. The van der Waals surface area contributed by atoms with E-state index in [0.717, 1.165) is 10.0 Å². The maximum absolute atomic E-state index is 12.1. The van der Waals surface area contributed by atoms with Crippen LogP contribution in [0.1, 0.15) is 6.92 Å². The number of halogens is 1. The lowest BCUT2D eigenvalue weighted by Crippen LogP contribution is -2.39. The number of carbonyl (C=O) groups excluding carboxylic acids is 1.